The van der Waals surface area contributed by atoms with Gasteiger partial charge in [-0.25, -0.2) is 0 Å². The van der Waals surface area contributed by atoms with Crippen molar-refractivity contribution in [3.05, 3.63) is 0 Å². The number of guanidine groups is 1. The van der Waals surface area contributed by atoms with Gasteiger partial charge in [0.15, 0.2) is 5.96 Å². The third-order valence-electron chi connectivity index (χ3n) is 2.26. The standard InChI is InChI=1S/C12H26N4O2/c1-9(2)11(17)14-6-7-15-12(13-4)16-10(3)8-18-5/h9-10H,6-8H2,1-5H3,(H,14,17)(H2,13,15,16). The smallest absolute Gasteiger partial charge is 0.222 e. The van der Waals surface area contributed by atoms with Gasteiger partial charge in [-0.2, -0.15) is 0 Å². The van der Waals surface area contributed by atoms with Crippen LogP contribution in [0.15, 0.2) is 4.99 Å². The average Bonchev–Trinajstić information content (AvgIpc) is 2.32. The van der Waals surface area contributed by atoms with Crippen molar-refractivity contribution in [2.45, 2.75) is 26.8 Å². The quantitative estimate of drug-likeness (QED) is 0.340. The molecule has 6 nitrogen and oxygen atoms in total. The number of carbonyl (C=O) groups is 1. The molecule has 0 heterocycles. The van der Waals surface area contributed by atoms with Crippen molar-refractivity contribution in [3.8, 4) is 0 Å². The summed E-state index contributed by atoms with van der Waals surface area (Å²) in [5.74, 6) is 0.787. The summed E-state index contributed by atoms with van der Waals surface area (Å²) in [6.07, 6.45) is 0. The van der Waals surface area contributed by atoms with Crippen LogP contribution < -0.4 is 16.0 Å². The van der Waals surface area contributed by atoms with Crippen molar-refractivity contribution in [1.29, 1.82) is 0 Å². The van der Waals surface area contributed by atoms with Gasteiger partial charge in [-0.3, -0.25) is 9.79 Å². The molecule has 0 spiro atoms. The van der Waals surface area contributed by atoms with Gasteiger partial charge in [0.05, 0.1) is 6.61 Å². The Balaban J connectivity index is 3.79. The first-order valence-electron chi connectivity index (χ1n) is 6.25. The molecule has 1 atom stereocenters. The van der Waals surface area contributed by atoms with Crippen LogP contribution in [-0.2, 0) is 9.53 Å². The van der Waals surface area contributed by atoms with Crippen molar-refractivity contribution >= 4 is 11.9 Å². The average molecular weight is 258 g/mol. The van der Waals surface area contributed by atoms with Crippen molar-refractivity contribution in [3.63, 3.8) is 0 Å². The third-order valence-corrected chi connectivity index (χ3v) is 2.26. The highest BCUT2D eigenvalue weighted by Gasteiger charge is 2.06. The Morgan fingerprint density at radius 3 is 2.33 bits per heavy atom. The maximum atomic E-state index is 11.3. The van der Waals surface area contributed by atoms with Gasteiger partial charge < -0.3 is 20.7 Å². The lowest BCUT2D eigenvalue weighted by Gasteiger charge is -2.17. The molecule has 0 bridgehead atoms. The van der Waals surface area contributed by atoms with Crippen LogP contribution in [0.4, 0.5) is 0 Å². The number of methoxy groups -OCH3 is 1. The van der Waals surface area contributed by atoms with E-state index in [0.29, 0.717) is 25.7 Å². The summed E-state index contributed by atoms with van der Waals surface area (Å²) in [6, 6.07) is 0.187. The maximum Gasteiger partial charge on any atom is 0.222 e. The Morgan fingerprint density at radius 2 is 1.83 bits per heavy atom. The Hall–Kier alpha value is -1.30. The maximum absolute atomic E-state index is 11.3. The molecule has 0 aromatic heterocycles. The second kappa shape index (κ2) is 9.70. The van der Waals surface area contributed by atoms with Gasteiger partial charge in [0.25, 0.3) is 0 Å². The van der Waals surface area contributed by atoms with Gasteiger partial charge in [0, 0.05) is 39.2 Å². The normalized spacial score (nSPS) is 13.3. The number of carbonyl (C=O) groups excluding carboxylic acids is 1. The lowest BCUT2D eigenvalue weighted by molar-refractivity contribution is -0.123. The minimum atomic E-state index is 0.0177. The molecule has 0 saturated carbocycles. The van der Waals surface area contributed by atoms with Crippen molar-refractivity contribution in [2.24, 2.45) is 10.9 Å². The minimum absolute atomic E-state index is 0.0177. The van der Waals surface area contributed by atoms with Crippen LogP contribution in [0.25, 0.3) is 0 Å². The molecular formula is C12H26N4O2. The molecule has 0 saturated heterocycles. The summed E-state index contributed by atoms with van der Waals surface area (Å²) in [6.45, 7) is 7.58. The first-order valence-corrected chi connectivity index (χ1v) is 6.25. The number of hydrogen-bond acceptors (Lipinski definition) is 3. The van der Waals surface area contributed by atoms with Gasteiger partial charge in [-0.15, -0.1) is 0 Å². The molecule has 0 aromatic rings. The van der Waals surface area contributed by atoms with Crippen LogP contribution in [0.3, 0.4) is 0 Å². The van der Waals surface area contributed by atoms with E-state index in [1.807, 2.05) is 20.8 Å². The predicted octanol–water partition coefficient (Wildman–Crippen LogP) is -0.0415. The highest BCUT2D eigenvalue weighted by molar-refractivity contribution is 5.80. The summed E-state index contributed by atoms with van der Waals surface area (Å²) >= 11 is 0. The fourth-order valence-electron chi connectivity index (χ4n) is 1.29. The summed E-state index contributed by atoms with van der Waals surface area (Å²) in [5, 5.41) is 9.13. The number of amides is 1. The molecule has 0 radical (unpaired) electrons. The van der Waals surface area contributed by atoms with E-state index in [-0.39, 0.29) is 17.9 Å². The van der Waals surface area contributed by atoms with Gasteiger partial charge in [0.2, 0.25) is 5.91 Å². The van der Waals surface area contributed by atoms with Crippen molar-refractivity contribution in [1.82, 2.24) is 16.0 Å². The number of rotatable bonds is 7. The largest absolute Gasteiger partial charge is 0.383 e. The van der Waals surface area contributed by atoms with E-state index in [1.54, 1.807) is 14.2 Å². The van der Waals surface area contributed by atoms with Crippen molar-refractivity contribution < 1.29 is 9.53 Å². The lowest BCUT2D eigenvalue weighted by atomic mass is 10.2. The molecule has 106 valence electrons. The van der Waals surface area contributed by atoms with Gasteiger partial charge in [-0.05, 0) is 6.92 Å². The molecule has 0 rings (SSSR count). The monoisotopic (exact) mass is 258 g/mol. The van der Waals surface area contributed by atoms with Crippen LogP contribution in [0, 0.1) is 5.92 Å². The van der Waals surface area contributed by atoms with E-state index in [4.69, 9.17) is 4.74 Å². The van der Waals surface area contributed by atoms with Crippen LogP contribution >= 0.6 is 0 Å². The van der Waals surface area contributed by atoms with E-state index in [1.165, 1.54) is 0 Å². The highest BCUT2D eigenvalue weighted by Crippen LogP contribution is 1.89. The lowest BCUT2D eigenvalue weighted by Crippen LogP contribution is -2.46. The second-order valence-electron chi connectivity index (χ2n) is 4.45. The molecule has 6 heteroatoms. The van der Waals surface area contributed by atoms with Gasteiger partial charge in [-0.1, -0.05) is 13.8 Å². The predicted molar refractivity (Wildman–Crippen MR) is 73.7 cm³/mol. The van der Waals surface area contributed by atoms with Crippen LogP contribution in [-0.4, -0.2) is 51.8 Å². The zero-order valence-corrected chi connectivity index (χ0v) is 12.0. The van der Waals surface area contributed by atoms with E-state index in [2.05, 4.69) is 20.9 Å². The number of ether oxygens (including phenoxy) is 1. The molecule has 18 heavy (non-hydrogen) atoms. The van der Waals surface area contributed by atoms with E-state index >= 15 is 0 Å². The summed E-state index contributed by atoms with van der Waals surface area (Å²) in [4.78, 5) is 15.4. The molecular weight excluding hydrogens is 232 g/mol. The number of aliphatic imine (C=N–C) groups is 1. The van der Waals surface area contributed by atoms with Crippen molar-refractivity contribution in [2.75, 3.05) is 33.9 Å². The van der Waals surface area contributed by atoms with Gasteiger partial charge >= 0.3 is 0 Å². The second-order valence-corrected chi connectivity index (χ2v) is 4.45. The Bertz CT molecular complexity index is 267. The van der Waals surface area contributed by atoms with Crippen LogP contribution in [0.2, 0.25) is 0 Å². The van der Waals surface area contributed by atoms with E-state index in [9.17, 15) is 4.79 Å². The van der Waals surface area contributed by atoms with E-state index in [0.717, 1.165) is 0 Å². The Kier molecular flexibility index (Phi) is 9.00. The fourth-order valence-corrected chi connectivity index (χ4v) is 1.29. The summed E-state index contributed by atoms with van der Waals surface area (Å²) in [5.41, 5.74) is 0. The van der Waals surface area contributed by atoms with Crippen LogP contribution in [0.5, 0.6) is 0 Å². The zero-order chi connectivity index (χ0) is 14.0. The Morgan fingerprint density at radius 1 is 1.22 bits per heavy atom. The topological polar surface area (TPSA) is 74.8 Å². The van der Waals surface area contributed by atoms with E-state index < -0.39 is 0 Å². The third kappa shape index (κ3) is 7.89. The van der Waals surface area contributed by atoms with Crippen LogP contribution in [0.1, 0.15) is 20.8 Å². The Labute approximate surface area is 110 Å². The molecule has 0 aliphatic heterocycles. The first kappa shape index (κ1) is 16.7. The SMILES string of the molecule is CN=C(NCCNC(=O)C(C)C)NC(C)COC. The zero-order valence-electron chi connectivity index (χ0n) is 12.0. The molecule has 0 aliphatic carbocycles. The summed E-state index contributed by atoms with van der Waals surface area (Å²) in [7, 11) is 3.37. The first-order chi connectivity index (χ1) is 8.51. The molecule has 0 fully saturated rings. The highest BCUT2D eigenvalue weighted by atomic mass is 16.5. The molecule has 0 aliphatic rings. The molecule has 1 unspecified atom stereocenters. The molecule has 1 amide bonds. The summed E-state index contributed by atoms with van der Waals surface area (Å²) < 4.78 is 5.03. The minimum Gasteiger partial charge on any atom is -0.383 e. The number of nitrogens with zero attached hydrogens (tertiary/aromatic N) is 1. The molecule has 3 N–H and O–H groups in total. The number of hydrogen-bond donors (Lipinski definition) is 3. The molecule has 0 aromatic carbocycles. The van der Waals surface area contributed by atoms with Gasteiger partial charge in [0.1, 0.15) is 0 Å². The fraction of sp³-hybridized carbons (Fsp3) is 0.833. The number of nitrogens with one attached hydrogen (secondary N) is 3.